The van der Waals surface area contributed by atoms with Crippen LogP contribution in [0.4, 0.5) is 0 Å². The van der Waals surface area contributed by atoms with Gasteiger partial charge in [0, 0.05) is 26.3 Å². The van der Waals surface area contributed by atoms with Crippen molar-refractivity contribution in [2.24, 2.45) is 11.7 Å². The van der Waals surface area contributed by atoms with Gasteiger partial charge in [-0.1, -0.05) is 12.1 Å². The number of para-hydroxylation sites is 2. The van der Waals surface area contributed by atoms with E-state index in [4.69, 9.17) is 10.5 Å². The van der Waals surface area contributed by atoms with Gasteiger partial charge in [0.2, 0.25) is 5.91 Å². The van der Waals surface area contributed by atoms with Crippen LogP contribution in [0.2, 0.25) is 0 Å². The molecule has 6 heteroatoms. The molecule has 1 atom stereocenters. The SMILES string of the molecule is NC(C(=O)NCCn1cnc2ccccc21)C1CCOCC1. The summed E-state index contributed by atoms with van der Waals surface area (Å²) in [4.78, 5) is 16.5. The lowest BCUT2D eigenvalue weighted by Crippen LogP contribution is -2.47. The monoisotopic (exact) mass is 302 g/mol. The Bertz CT molecular complexity index is 634. The maximum Gasteiger partial charge on any atom is 0.237 e. The minimum Gasteiger partial charge on any atom is -0.381 e. The Morgan fingerprint density at radius 3 is 3.00 bits per heavy atom. The number of benzene rings is 1. The summed E-state index contributed by atoms with van der Waals surface area (Å²) in [7, 11) is 0. The van der Waals surface area contributed by atoms with Crippen LogP contribution in [0.25, 0.3) is 11.0 Å². The van der Waals surface area contributed by atoms with Crippen molar-refractivity contribution in [2.75, 3.05) is 19.8 Å². The molecule has 1 aromatic carbocycles. The Labute approximate surface area is 129 Å². The third kappa shape index (κ3) is 3.28. The molecule has 118 valence electrons. The fourth-order valence-corrected chi connectivity index (χ4v) is 2.89. The Morgan fingerprint density at radius 2 is 2.18 bits per heavy atom. The zero-order chi connectivity index (χ0) is 15.4. The molecule has 1 aromatic heterocycles. The first-order valence-electron chi connectivity index (χ1n) is 7.76. The van der Waals surface area contributed by atoms with Gasteiger partial charge in [-0.25, -0.2) is 4.98 Å². The van der Waals surface area contributed by atoms with Crippen LogP contribution >= 0.6 is 0 Å². The molecule has 1 unspecified atom stereocenters. The average molecular weight is 302 g/mol. The molecule has 0 radical (unpaired) electrons. The van der Waals surface area contributed by atoms with Crippen LogP contribution in [0.3, 0.4) is 0 Å². The predicted molar refractivity (Wildman–Crippen MR) is 84.3 cm³/mol. The number of hydrogen-bond donors (Lipinski definition) is 2. The minimum atomic E-state index is -0.441. The molecule has 3 rings (SSSR count). The van der Waals surface area contributed by atoms with Gasteiger partial charge in [0.1, 0.15) is 0 Å². The van der Waals surface area contributed by atoms with Gasteiger partial charge in [-0.05, 0) is 30.9 Å². The number of nitrogens with two attached hydrogens (primary N) is 1. The number of imidazole rings is 1. The van der Waals surface area contributed by atoms with Crippen molar-refractivity contribution in [3.63, 3.8) is 0 Å². The summed E-state index contributed by atoms with van der Waals surface area (Å²) in [5.74, 6) is 0.152. The molecular formula is C16H22N4O2. The van der Waals surface area contributed by atoms with Crippen molar-refractivity contribution >= 4 is 16.9 Å². The van der Waals surface area contributed by atoms with Gasteiger partial charge < -0.3 is 20.4 Å². The van der Waals surface area contributed by atoms with E-state index in [1.807, 2.05) is 28.8 Å². The largest absolute Gasteiger partial charge is 0.381 e. The second-order valence-corrected chi connectivity index (χ2v) is 5.69. The predicted octanol–water partition coefficient (Wildman–Crippen LogP) is 0.906. The summed E-state index contributed by atoms with van der Waals surface area (Å²) < 4.78 is 7.34. The van der Waals surface area contributed by atoms with E-state index in [0.717, 1.165) is 23.9 Å². The molecule has 0 spiro atoms. The van der Waals surface area contributed by atoms with Crippen molar-refractivity contribution in [1.82, 2.24) is 14.9 Å². The minimum absolute atomic E-state index is 0.0729. The van der Waals surface area contributed by atoms with Gasteiger partial charge in [0.15, 0.2) is 0 Å². The van der Waals surface area contributed by atoms with E-state index < -0.39 is 6.04 Å². The van der Waals surface area contributed by atoms with Crippen LogP contribution in [0.5, 0.6) is 0 Å². The molecule has 1 saturated heterocycles. The van der Waals surface area contributed by atoms with Crippen LogP contribution in [0.1, 0.15) is 12.8 Å². The van der Waals surface area contributed by atoms with Gasteiger partial charge in [-0.3, -0.25) is 4.79 Å². The van der Waals surface area contributed by atoms with E-state index in [0.29, 0.717) is 26.3 Å². The quantitative estimate of drug-likeness (QED) is 0.860. The van der Waals surface area contributed by atoms with Crippen LogP contribution < -0.4 is 11.1 Å². The normalized spacial score (nSPS) is 17.5. The van der Waals surface area contributed by atoms with Gasteiger partial charge in [0.25, 0.3) is 0 Å². The Balaban J connectivity index is 1.51. The molecule has 2 aromatic rings. The average Bonchev–Trinajstić information content (AvgIpc) is 2.98. The Hall–Kier alpha value is -1.92. The zero-order valence-electron chi connectivity index (χ0n) is 12.6. The molecule has 22 heavy (non-hydrogen) atoms. The molecule has 6 nitrogen and oxygen atoms in total. The van der Waals surface area contributed by atoms with E-state index in [9.17, 15) is 4.79 Å². The number of hydrogen-bond acceptors (Lipinski definition) is 4. The highest BCUT2D eigenvalue weighted by Crippen LogP contribution is 2.17. The van der Waals surface area contributed by atoms with E-state index >= 15 is 0 Å². The highest BCUT2D eigenvalue weighted by molar-refractivity contribution is 5.81. The second-order valence-electron chi connectivity index (χ2n) is 5.69. The molecule has 2 heterocycles. The summed E-state index contributed by atoms with van der Waals surface area (Å²) in [6.45, 7) is 2.64. The number of carbonyl (C=O) groups is 1. The van der Waals surface area contributed by atoms with Crippen molar-refractivity contribution < 1.29 is 9.53 Å². The van der Waals surface area contributed by atoms with Gasteiger partial charge in [0.05, 0.1) is 23.4 Å². The fourth-order valence-electron chi connectivity index (χ4n) is 2.89. The molecular weight excluding hydrogens is 280 g/mol. The maximum atomic E-state index is 12.1. The van der Waals surface area contributed by atoms with Crippen molar-refractivity contribution in [1.29, 1.82) is 0 Å². The lowest BCUT2D eigenvalue weighted by atomic mass is 9.92. The number of nitrogens with one attached hydrogen (secondary N) is 1. The standard InChI is InChI=1S/C16H22N4O2/c17-15(12-5-9-22-10-6-12)16(21)18-7-8-20-11-19-13-3-1-2-4-14(13)20/h1-4,11-12,15H,5-10,17H2,(H,18,21). The molecule has 0 bridgehead atoms. The molecule has 1 amide bonds. The van der Waals surface area contributed by atoms with E-state index in [2.05, 4.69) is 10.3 Å². The van der Waals surface area contributed by atoms with Gasteiger partial charge in [-0.15, -0.1) is 0 Å². The third-order valence-electron chi connectivity index (χ3n) is 4.26. The summed E-state index contributed by atoms with van der Waals surface area (Å²) in [5, 5.41) is 2.93. The summed E-state index contributed by atoms with van der Waals surface area (Å²) in [5.41, 5.74) is 8.10. The van der Waals surface area contributed by atoms with E-state index in [1.54, 1.807) is 6.33 Å². The van der Waals surface area contributed by atoms with Crippen molar-refractivity contribution in [3.8, 4) is 0 Å². The fraction of sp³-hybridized carbons (Fsp3) is 0.500. The van der Waals surface area contributed by atoms with Gasteiger partial charge >= 0.3 is 0 Å². The van der Waals surface area contributed by atoms with E-state index in [-0.39, 0.29) is 11.8 Å². The summed E-state index contributed by atoms with van der Waals surface area (Å²) >= 11 is 0. The van der Waals surface area contributed by atoms with Crippen molar-refractivity contribution in [3.05, 3.63) is 30.6 Å². The number of fused-ring (bicyclic) bond motifs is 1. The lowest BCUT2D eigenvalue weighted by Gasteiger charge is -2.26. The van der Waals surface area contributed by atoms with E-state index in [1.165, 1.54) is 0 Å². The first kappa shape index (κ1) is 15.0. The number of aromatic nitrogens is 2. The smallest absolute Gasteiger partial charge is 0.237 e. The van der Waals surface area contributed by atoms with Crippen LogP contribution in [-0.4, -0.2) is 41.3 Å². The number of amides is 1. The van der Waals surface area contributed by atoms with Gasteiger partial charge in [-0.2, -0.15) is 0 Å². The third-order valence-corrected chi connectivity index (χ3v) is 4.26. The molecule has 1 aliphatic heterocycles. The topological polar surface area (TPSA) is 82.2 Å². The van der Waals surface area contributed by atoms with Crippen LogP contribution in [0.15, 0.2) is 30.6 Å². The molecule has 3 N–H and O–H groups in total. The number of nitrogens with zero attached hydrogens (tertiary/aromatic N) is 2. The first-order valence-corrected chi connectivity index (χ1v) is 7.76. The Morgan fingerprint density at radius 1 is 1.41 bits per heavy atom. The Kier molecular flexibility index (Phi) is 4.70. The number of rotatable bonds is 5. The first-order chi connectivity index (χ1) is 10.8. The van der Waals surface area contributed by atoms with Crippen LogP contribution in [0, 0.1) is 5.92 Å². The van der Waals surface area contributed by atoms with Crippen molar-refractivity contribution in [2.45, 2.75) is 25.4 Å². The highest BCUT2D eigenvalue weighted by Gasteiger charge is 2.26. The second kappa shape index (κ2) is 6.89. The maximum absolute atomic E-state index is 12.1. The number of carbonyl (C=O) groups excluding carboxylic acids is 1. The van der Waals surface area contributed by atoms with Crippen LogP contribution in [-0.2, 0) is 16.1 Å². The molecule has 1 fully saturated rings. The highest BCUT2D eigenvalue weighted by atomic mass is 16.5. The molecule has 0 aliphatic carbocycles. The molecule has 1 aliphatic rings. The number of ether oxygens (including phenoxy) is 1. The lowest BCUT2D eigenvalue weighted by molar-refractivity contribution is -0.124. The summed E-state index contributed by atoms with van der Waals surface area (Å²) in [6.07, 6.45) is 3.52. The molecule has 0 saturated carbocycles. The zero-order valence-corrected chi connectivity index (χ0v) is 12.6. The summed E-state index contributed by atoms with van der Waals surface area (Å²) in [6, 6.07) is 7.51.